The van der Waals surface area contributed by atoms with Crippen molar-refractivity contribution >= 4 is 21.1 Å². The van der Waals surface area contributed by atoms with Gasteiger partial charge in [-0.15, -0.1) is 3.89 Å². The number of aromatic nitrogens is 1. The van der Waals surface area contributed by atoms with Crippen LogP contribution in [0, 0.1) is 0 Å². The normalized spacial score (nSPS) is 11.8. The summed E-state index contributed by atoms with van der Waals surface area (Å²) in [4.78, 5) is 4.04. The molecular formula is C10H8FNO2S. The Bertz CT molecular complexity index is 595. The van der Waals surface area contributed by atoms with Gasteiger partial charge in [0.2, 0.25) is 0 Å². The minimum absolute atomic E-state index is 0.219. The summed E-state index contributed by atoms with van der Waals surface area (Å²) in [6, 6.07) is 10.5. The van der Waals surface area contributed by atoms with Gasteiger partial charge in [0.15, 0.2) is 0 Å². The van der Waals surface area contributed by atoms with Crippen molar-refractivity contribution in [3.63, 3.8) is 0 Å². The van der Waals surface area contributed by atoms with Crippen molar-refractivity contribution in [1.82, 2.24) is 4.98 Å². The molecule has 0 N–H and O–H groups in total. The van der Waals surface area contributed by atoms with Crippen LogP contribution in [-0.4, -0.2) is 13.4 Å². The van der Waals surface area contributed by atoms with Gasteiger partial charge in [0, 0.05) is 5.39 Å². The molecule has 0 atom stereocenters. The van der Waals surface area contributed by atoms with Crippen LogP contribution in [-0.2, 0) is 16.0 Å². The lowest BCUT2D eigenvalue weighted by molar-refractivity contribution is 0.550. The molecule has 0 spiro atoms. The van der Waals surface area contributed by atoms with E-state index in [0.717, 1.165) is 5.39 Å². The molecule has 0 unspecified atom stereocenters. The molecule has 0 radical (unpaired) electrons. The molecule has 0 aliphatic rings. The number of para-hydroxylation sites is 1. The van der Waals surface area contributed by atoms with Gasteiger partial charge in [0.05, 0.1) is 11.2 Å². The molecule has 0 bridgehead atoms. The Morgan fingerprint density at radius 1 is 1.13 bits per heavy atom. The molecule has 2 aromatic rings. The predicted octanol–water partition coefficient (Wildman–Crippen LogP) is 2.03. The van der Waals surface area contributed by atoms with Gasteiger partial charge in [-0.1, -0.05) is 24.3 Å². The van der Waals surface area contributed by atoms with Gasteiger partial charge >= 0.3 is 10.2 Å². The van der Waals surface area contributed by atoms with Crippen LogP contribution >= 0.6 is 0 Å². The first kappa shape index (κ1) is 10.0. The van der Waals surface area contributed by atoms with Crippen LogP contribution in [0.15, 0.2) is 36.4 Å². The minimum Gasteiger partial charge on any atom is -0.252 e. The highest BCUT2D eigenvalue weighted by Crippen LogP contribution is 2.13. The first-order valence-corrected chi connectivity index (χ1v) is 5.87. The molecule has 0 amide bonds. The fraction of sp³-hybridized carbons (Fsp3) is 0.100. The zero-order valence-electron chi connectivity index (χ0n) is 7.72. The third-order valence-corrected chi connectivity index (χ3v) is 2.62. The number of hydrogen-bond acceptors (Lipinski definition) is 3. The Morgan fingerprint density at radius 3 is 2.60 bits per heavy atom. The largest absolute Gasteiger partial charge is 0.308 e. The molecule has 2 rings (SSSR count). The first-order chi connectivity index (χ1) is 7.04. The maximum atomic E-state index is 12.4. The van der Waals surface area contributed by atoms with Crippen LogP contribution in [0.4, 0.5) is 3.89 Å². The Labute approximate surface area is 86.8 Å². The van der Waals surface area contributed by atoms with Crippen molar-refractivity contribution in [1.29, 1.82) is 0 Å². The summed E-state index contributed by atoms with van der Waals surface area (Å²) in [7, 11) is -4.51. The molecule has 78 valence electrons. The van der Waals surface area contributed by atoms with Gasteiger partial charge in [-0.2, -0.15) is 8.42 Å². The average molecular weight is 225 g/mol. The second kappa shape index (κ2) is 3.58. The molecule has 1 aromatic carbocycles. The fourth-order valence-corrected chi connectivity index (χ4v) is 1.88. The molecule has 0 saturated heterocycles. The maximum Gasteiger partial charge on any atom is 0.308 e. The lowest BCUT2D eigenvalue weighted by Gasteiger charge is -1.99. The van der Waals surface area contributed by atoms with Gasteiger partial charge in [-0.05, 0) is 12.1 Å². The average Bonchev–Trinajstić information content (AvgIpc) is 2.15. The van der Waals surface area contributed by atoms with E-state index in [2.05, 4.69) is 4.98 Å². The van der Waals surface area contributed by atoms with Crippen LogP contribution in [0.3, 0.4) is 0 Å². The molecule has 0 fully saturated rings. The van der Waals surface area contributed by atoms with Gasteiger partial charge in [0.1, 0.15) is 5.75 Å². The van der Waals surface area contributed by atoms with E-state index in [1.807, 2.05) is 12.1 Å². The monoisotopic (exact) mass is 225 g/mol. The van der Waals surface area contributed by atoms with Crippen LogP contribution in [0.5, 0.6) is 0 Å². The van der Waals surface area contributed by atoms with Gasteiger partial charge in [0.25, 0.3) is 0 Å². The predicted molar refractivity (Wildman–Crippen MR) is 55.5 cm³/mol. The molecule has 0 saturated carbocycles. The quantitative estimate of drug-likeness (QED) is 0.735. The lowest BCUT2D eigenvalue weighted by Crippen LogP contribution is -1.98. The summed E-state index contributed by atoms with van der Waals surface area (Å²) in [6.45, 7) is 0. The molecule has 5 heteroatoms. The summed E-state index contributed by atoms with van der Waals surface area (Å²) < 4.78 is 33.3. The summed E-state index contributed by atoms with van der Waals surface area (Å²) in [5, 5.41) is 0.900. The van der Waals surface area contributed by atoms with Crippen molar-refractivity contribution in [2.24, 2.45) is 0 Å². The Hall–Kier alpha value is -1.49. The smallest absolute Gasteiger partial charge is 0.252 e. The second-order valence-corrected chi connectivity index (χ2v) is 4.54. The van der Waals surface area contributed by atoms with E-state index in [0.29, 0.717) is 5.52 Å². The number of nitrogens with zero attached hydrogens (tertiary/aromatic N) is 1. The molecule has 1 aromatic heterocycles. The van der Waals surface area contributed by atoms with Crippen LogP contribution in [0.2, 0.25) is 0 Å². The van der Waals surface area contributed by atoms with Crippen molar-refractivity contribution in [2.75, 3.05) is 0 Å². The van der Waals surface area contributed by atoms with Crippen LogP contribution < -0.4 is 0 Å². The summed E-state index contributed by atoms with van der Waals surface area (Å²) >= 11 is 0. The van der Waals surface area contributed by atoms with E-state index in [-0.39, 0.29) is 5.69 Å². The Morgan fingerprint density at radius 2 is 1.87 bits per heavy atom. The maximum absolute atomic E-state index is 12.4. The second-order valence-electron chi connectivity index (χ2n) is 3.18. The molecule has 3 nitrogen and oxygen atoms in total. The van der Waals surface area contributed by atoms with Crippen molar-refractivity contribution in [3.8, 4) is 0 Å². The van der Waals surface area contributed by atoms with E-state index >= 15 is 0 Å². The molecule has 0 aliphatic carbocycles. The van der Waals surface area contributed by atoms with E-state index in [1.165, 1.54) is 6.07 Å². The zero-order valence-corrected chi connectivity index (χ0v) is 8.54. The van der Waals surface area contributed by atoms with E-state index < -0.39 is 16.0 Å². The Balaban J connectivity index is 2.48. The number of fused-ring (bicyclic) bond motifs is 1. The minimum atomic E-state index is -4.51. The Kier molecular flexibility index (Phi) is 2.40. The number of pyridine rings is 1. The first-order valence-electron chi connectivity index (χ1n) is 4.32. The van der Waals surface area contributed by atoms with Crippen molar-refractivity contribution in [2.45, 2.75) is 5.75 Å². The number of benzene rings is 1. The molecule has 0 aliphatic heterocycles. The topological polar surface area (TPSA) is 47.0 Å². The third-order valence-electron chi connectivity index (χ3n) is 1.98. The van der Waals surface area contributed by atoms with Gasteiger partial charge < -0.3 is 0 Å². The molecule has 15 heavy (non-hydrogen) atoms. The zero-order chi connectivity index (χ0) is 10.9. The standard InChI is InChI=1S/C10H8FNO2S/c11-15(13,14)7-9-6-5-8-3-1-2-4-10(8)12-9/h1-6H,7H2. The number of rotatable bonds is 2. The summed E-state index contributed by atoms with van der Waals surface area (Å²) in [5.74, 6) is -0.669. The number of halogens is 1. The third kappa shape index (κ3) is 2.50. The summed E-state index contributed by atoms with van der Waals surface area (Å²) in [6.07, 6.45) is 0. The van der Waals surface area contributed by atoms with E-state index in [9.17, 15) is 12.3 Å². The highest BCUT2D eigenvalue weighted by Gasteiger charge is 2.10. The van der Waals surface area contributed by atoms with Crippen LogP contribution in [0.25, 0.3) is 10.9 Å². The van der Waals surface area contributed by atoms with Crippen molar-refractivity contribution < 1.29 is 12.3 Å². The van der Waals surface area contributed by atoms with Gasteiger partial charge in [-0.25, -0.2) is 0 Å². The fourth-order valence-electron chi connectivity index (χ4n) is 1.37. The van der Waals surface area contributed by atoms with E-state index in [1.54, 1.807) is 18.2 Å². The van der Waals surface area contributed by atoms with Gasteiger partial charge in [-0.3, -0.25) is 4.98 Å². The highest BCUT2D eigenvalue weighted by atomic mass is 32.3. The summed E-state index contributed by atoms with van der Waals surface area (Å²) in [5.41, 5.74) is 0.884. The van der Waals surface area contributed by atoms with Crippen LogP contribution in [0.1, 0.15) is 5.69 Å². The molecule has 1 heterocycles. The SMILES string of the molecule is O=S(=O)(F)Cc1ccc2ccccc2n1. The lowest BCUT2D eigenvalue weighted by atomic mass is 10.2. The molecular weight excluding hydrogens is 217 g/mol. The highest BCUT2D eigenvalue weighted by molar-refractivity contribution is 7.85. The number of hydrogen-bond donors (Lipinski definition) is 0. The van der Waals surface area contributed by atoms with Crippen molar-refractivity contribution in [3.05, 3.63) is 42.1 Å². The van der Waals surface area contributed by atoms with E-state index in [4.69, 9.17) is 0 Å².